The average molecular weight is 594 g/mol. The highest BCUT2D eigenvalue weighted by Gasteiger charge is 2.31. The van der Waals surface area contributed by atoms with Crippen molar-refractivity contribution in [2.45, 2.75) is 130 Å². The van der Waals surface area contributed by atoms with Crippen LogP contribution in [0.2, 0.25) is 0 Å². The minimum Gasteiger partial charge on any atom is -0.508 e. The molecule has 1 aromatic carbocycles. The Hall–Kier alpha value is -3.34. The molecule has 2 atom stereocenters. The Morgan fingerprint density at radius 1 is 0.714 bits per heavy atom. The number of rotatable bonds is 14. The van der Waals surface area contributed by atoms with Crippen LogP contribution < -0.4 is 16.0 Å². The summed E-state index contributed by atoms with van der Waals surface area (Å²) in [5.74, 6) is -1.58. The fraction of sp³-hybridized carbons (Fsp3) is 0.677. The van der Waals surface area contributed by atoms with Crippen molar-refractivity contribution in [3.63, 3.8) is 0 Å². The average Bonchev–Trinajstić information content (AvgIpc) is 2.80. The normalized spacial score (nSPS) is 13.5. The summed E-state index contributed by atoms with van der Waals surface area (Å²) >= 11 is 0. The number of unbranched alkanes of at least 4 members (excludes halogenated alkanes) is 1. The number of phenols is 1. The number of urea groups is 1. The van der Waals surface area contributed by atoms with Gasteiger partial charge in [0, 0.05) is 13.0 Å². The third kappa shape index (κ3) is 17.5. The third-order valence-electron chi connectivity index (χ3n) is 5.41. The van der Waals surface area contributed by atoms with Gasteiger partial charge in [-0.1, -0.05) is 12.1 Å². The van der Waals surface area contributed by atoms with Gasteiger partial charge in [0.2, 0.25) is 0 Å². The van der Waals surface area contributed by atoms with Crippen LogP contribution in [0.25, 0.3) is 0 Å². The van der Waals surface area contributed by atoms with Crippen molar-refractivity contribution in [1.29, 1.82) is 0 Å². The zero-order chi connectivity index (χ0) is 32.1. The first-order valence-electron chi connectivity index (χ1n) is 14.5. The Morgan fingerprint density at radius 3 is 1.67 bits per heavy atom. The SMILES string of the molecule is CC(C)(C)OC(=O)CCC(NC(=O)NC(CCCCNCc1ccc(O)cc1)C(=O)OC(C)(C)C)C(=O)OC(C)(C)C. The molecule has 0 aliphatic carbocycles. The first kappa shape index (κ1) is 36.7. The van der Waals surface area contributed by atoms with Crippen molar-refractivity contribution in [3.05, 3.63) is 29.8 Å². The molecular formula is C31H51N3O8. The zero-order valence-electron chi connectivity index (χ0n) is 26.7. The molecule has 1 aromatic rings. The molecule has 0 heterocycles. The molecule has 2 unspecified atom stereocenters. The van der Waals surface area contributed by atoms with Crippen molar-refractivity contribution in [2.75, 3.05) is 6.54 Å². The number of carbonyl (C=O) groups is 4. The molecule has 11 heteroatoms. The second-order valence-corrected chi connectivity index (χ2v) is 13.3. The van der Waals surface area contributed by atoms with Gasteiger partial charge < -0.3 is 35.3 Å². The molecule has 0 saturated heterocycles. The van der Waals surface area contributed by atoms with Gasteiger partial charge in [0.1, 0.15) is 34.6 Å². The number of amides is 2. The maximum Gasteiger partial charge on any atom is 0.329 e. The van der Waals surface area contributed by atoms with Crippen molar-refractivity contribution in [2.24, 2.45) is 0 Å². The van der Waals surface area contributed by atoms with Gasteiger partial charge in [-0.05, 0) is 112 Å². The predicted molar refractivity (Wildman–Crippen MR) is 160 cm³/mol. The summed E-state index contributed by atoms with van der Waals surface area (Å²) in [4.78, 5) is 51.1. The first-order valence-corrected chi connectivity index (χ1v) is 14.5. The summed E-state index contributed by atoms with van der Waals surface area (Å²) in [7, 11) is 0. The van der Waals surface area contributed by atoms with Crippen molar-refractivity contribution in [1.82, 2.24) is 16.0 Å². The van der Waals surface area contributed by atoms with E-state index >= 15 is 0 Å². The lowest BCUT2D eigenvalue weighted by atomic mass is 10.1. The number of carbonyl (C=O) groups excluding carboxylic acids is 4. The van der Waals surface area contributed by atoms with E-state index in [0.717, 1.165) is 12.0 Å². The first-order chi connectivity index (χ1) is 19.2. The van der Waals surface area contributed by atoms with Crippen molar-refractivity contribution in [3.8, 4) is 5.75 Å². The summed E-state index contributed by atoms with van der Waals surface area (Å²) in [5, 5.41) is 17.9. The quantitative estimate of drug-likeness (QED) is 0.139. The topological polar surface area (TPSA) is 152 Å². The predicted octanol–water partition coefficient (Wildman–Crippen LogP) is 4.49. The van der Waals surface area contributed by atoms with Crippen LogP contribution in [0.15, 0.2) is 24.3 Å². The Bertz CT molecular complexity index is 1020. The smallest absolute Gasteiger partial charge is 0.329 e. The number of aromatic hydroxyl groups is 1. The Kier molecular flexibility index (Phi) is 14.3. The lowest BCUT2D eigenvalue weighted by Crippen LogP contribution is -2.53. The number of hydrogen-bond acceptors (Lipinski definition) is 9. The van der Waals surface area contributed by atoms with Gasteiger partial charge in [0.25, 0.3) is 0 Å². The zero-order valence-corrected chi connectivity index (χ0v) is 26.7. The third-order valence-corrected chi connectivity index (χ3v) is 5.41. The van der Waals surface area contributed by atoms with E-state index in [1.54, 1.807) is 74.4 Å². The monoisotopic (exact) mass is 593 g/mol. The van der Waals surface area contributed by atoms with Gasteiger partial charge in [-0.25, -0.2) is 14.4 Å². The van der Waals surface area contributed by atoms with Crippen LogP contribution in [0.4, 0.5) is 4.79 Å². The summed E-state index contributed by atoms with van der Waals surface area (Å²) in [5.41, 5.74) is -1.23. The standard InChI is InChI=1S/C31H51N3O8/c1-29(2,3)40-25(36)18-17-24(27(38)42-31(7,8)9)34-28(39)33-23(26(37)41-30(4,5)6)12-10-11-19-32-20-21-13-15-22(35)16-14-21/h13-16,23-24,32,35H,10-12,17-20H2,1-9H3,(H2,33,34,39). The number of hydrogen-bond donors (Lipinski definition) is 4. The van der Waals surface area contributed by atoms with E-state index in [1.807, 2.05) is 12.1 Å². The van der Waals surface area contributed by atoms with Crippen LogP contribution in [-0.4, -0.2) is 64.5 Å². The van der Waals surface area contributed by atoms with Crippen molar-refractivity contribution < 1.29 is 38.5 Å². The number of phenolic OH excluding ortho intramolecular Hbond substituents is 1. The van der Waals surface area contributed by atoms with Gasteiger partial charge in [0.05, 0.1) is 0 Å². The molecule has 4 N–H and O–H groups in total. The number of esters is 3. The molecule has 0 fully saturated rings. The summed E-state index contributed by atoms with van der Waals surface area (Å²) in [6.07, 6.45) is 1.51. The van der Waals surface area contributed by atoms with Gasteiger partial charge in [-0.15, -0.1) is 0 Å². The van der Waals surface area contributed by atoms with E-state index in [-0.39, 0.29) is 18.6 Å². The maximum atomic E-state index is 13.0. The van der Waals surface area contributed by atoms with Gasteiger partial charge >= 0.3 is 23.9 Å². The van der Waals surface area contributed by atoms with E-state index in [4.69, 9.17) is 14.2 Å². The van der Waals surface area contributed by atoms with Crippen LogP contribution in [0.1, 0.15) is 100.0 Å². The largest absolute Gasteiger partial charge is 0.508 e. The number of nitrogens with one attached hydrogen (secondary N) is 3. The Balaban J connectivity index is 2.80. The minimum atomic E-state index is -1.14. The van der Waals surface area contributed by atoms with Crippen LogP contribution >= 0.6 is 0 Å². The lowest BCUT2D eigenvalue weighted by Gasteiger charge is -2.27. The van der Waals surface area contributed by atoms with Crippen LogP contribution in [0.5, 0.6) is 5.75 Å². The highest BCUT2D eigenvalue weighted by atomic mass is 16.6. The molecule has 42 heavy (non-hydrogen) atoms. The summed E-state index contributed by atoms with van der Waals surface area (Å²) in [6.45, 7) is 16.9. The number of ether oxygens (including phenoxy) is 3. The molecule has 0 radical (unpaired) electrons. The molecule has 2 amide bonds. The maximum absolute atomic E-state index is 13.0. The molecule has 0 aliphatic heterocycles. The molecule has 1 rings (SSSR count). The Labute approximate surface area is 250 Å². The van der Waals surface area contributed by atoms with Gasteiger partial charge in [0.15, 0.2) is 0 Å². The molecule has 0 spiro atoms. The van der Waals surface area contributed by atoms with E-state index < -0.39 is 52.8 Å². The lowest BCUT2D eigenvalue weighted by molar-refractivity contribution is -0.159. The highest BCUT2D eigenvalue weighted by Crippen LogP contribution is 2.15. The Morgan fingerprint density at radius 2 is 1.19 bits per heavy atom. The molecule has 0 saturated carbocycles. The highest BCUT2D eigenvalue weighted by molar-refractivity contribution is 5.87. The fourth-order valence-corrected chi connectivity index (χ4v) is 3.70. The molecule has 238 valence electrons. The second kappa shape index (κ2) is 16.3. The number of benzene rings is 1. The molecule has 0 bridgehead atoms. The van der Waals surface area contributed by atoms with E-state index in [0.29, 0.717) is 25.9 Å². The van der Waals surface area contributed by atoms with Crippen LogP contribution in [-0.2, 0) is 35.1 Å². The fourth-order valence-electron chi connectivity index (χ4n) is 3.70. The van der Waals surface area contributed by atoms with Crippen molar-refractivity contribution >= 4 is 23.9 Å². The van der Waals surface area contributed by atoms with E-state index in [9.17, 15) is 24.3 Å². The van der Waals surface area contributed by atoms with Crippen LogP contribution in [0, 0.1) is 0 Å². The van der Waals surface area contributed by atoms with E-state index in [2.05, 4.69) is 16.0 Å². The summed E-state index contributed by atoms with van der Waals surface area (Å²) in [6, 6.07) is 4.08. The summed E-state index contributed by atoms with van der Waals surface area (Å²) < 4.78 is 16.3. The molecular weight excluding hydrogens is 542 g/mol. The van der Waals surface area contributed by atoms with Gasteiger partial charge in [-0.3, -0.25) is 4.79 Å². The second-order valence-electron chi connectivity index (χ2n) is 13.3. The van der Waals surface area contributed by atoms with Gasteiger partial charge in [-0.2, -0.15) is 0 Å². The van der Waals surface area contributed by atoms with Crippen LogP contribution in [0.3, 0.4) is 0 Å². The molecule has 11 nitrogen and oxygen atoms in total. The molecule has 0 aromatic heterocycles. The van der Waals surface area contributed by atoms with E-state index in [1.165, 1.54) is 0 Å². The minimum absolute atomic E-state index is 0.0406. The molecule has 0 aliphatic rings.